The molecule has 0 fully saturated rings. The highest BCUT2D eigenvalue weighted by Crippen LogP contribution is 2.41. The molecule has 0 aromatic heterocycles. The smallest absolute Gasteiger partial charge is 0.0622 e. The fourth-order valence-electron chi connectivity index (χ4n) is 10.1. The van der Waals surface area contributed by atoms with Crippen LogP contribution in [0.4, 0.5) is 0 Å². The van der Waals surface area contributed by atoms with E-state index in [2.05, 4.69) is 310 Å². The molecule has 1 unspecified atom stereocenters. The van der Waals surface area contributed by atoms with Crippen LogP contribution in [0.1, 0.15) is 164 Å². The third-order valence-corrected chi connectivity index (χ3v) is 14.9. The van der Waals surface area contributed by atoms with Gasteiger partial charge in [-0.15, -0.1) is 13.2 Å². The van der Waals surface area contributed by atoms with Gasteiger partial charge in [0.15, 0.2) is 0 Å². The van der Waals surface area contributed by atoms with Crippen LogP contribution in [0, 0.1) is 41.5 Å². The molecule has 0 saturated heterocycles. The first-order valence-corrected chi connectivity index (χ1v) is 30.5. The molecular weight excluding hydrogens is 1040 g/mol. The first-order chi connectivity index (χ1) is 41.1. The minimum atomic E-state index is -0.0223. The summed E-state index contributed by atoms with van der Waals surface area (Å²) in [6.45, 7) is 56.1. The molecular formula is C84H104N2. The summed E-state index contributed by atoms with van der Waals surface area (Å²) in [5.74, 6) is 0. The molecule has 2 nitrogen and oxygen atoms in total. The maximum Gasteiger partial charge on any atom is 0.0622 e. The lowest BCUT2D eigenvalue weighted by Crippen LogP contribution is -2.25. The van der Waals surface area contributed by atoms with E-state index in [9.17, 15) is 0 Å². The molecule has 86 heavy (non-hydrogen) atoms. The standard InChI is InChI=1S/C28H34.C17H19N.C9H9N.C9H10.C9H12.C8H10.C2H6.C2H4/c1-19-13-9-11-15-23(19)27(5,6)25-17-22(4)26(18-21(25)3)28(7,8)24-16-12-10-14-20(24)2;1-13-8-7-11-17(12-13)15(3)18-14(2)16-9-5-4-6-10-16;1-8(10-2)9-6-4-3-5-7-9;1-8(2)9-6-4-3-5-7-9;1-3-9-6-4-5-8(2)7-9;1-2-8-6-4-3-5-7-8;2*1-2/h9-18H,1-8H3;4-12,14,18H,3H2,1-2H3;3-7H,1-2H2;3-7H,1H2,2H3;4-7H,3H2,1-2H3;3-7H,2H2,1H3;1-2H3;1-2H2. The summed E-state index contributed by atoms with van der Waals surface area (Å²) >= 11 is 0. The highest BCUT2D eigenvalue weighted by Gasteiger charge is 2.31. The number of nitrogens with one attached hydrogen (secondary N) is 1. The summed E-state index contributed by atoms with van der Waals surface area (Å²) in [7, 11) is 0. The Morgan fingerprint density at radius 1 is 0.419 bits per heavy atom. The number of hydrogen-bond donors (Lipinski definition) is 1. The van der Waals surface area contributed by atoms with Gasteiger partial charge in [-0.2, -0.15) is 0 Å². The Morgan fingerprint density at radius 2 is 0.779 bits per heavy atom. The van der Waals surface area contributed by atoms with Crippen LogP contribution >= 0.6 is 0 Å². The second kappa shape index (κ2) is 39.1. The lowest BCUT2D eigenvalue weighted by molar-refractivity contribution is 0.613. The average Bonchev–Trinajstić information content (AvgIpc) is 2.99. The molecule has 9 aromatic carbocycles. The van der Waals surface area contributed by atoms with Crippen LogP contribution in [0.3, 0.4) is 0 Å². The second-order valence-electron chi connectivity index (χ2n) is 22.3. The quantitative estimate of drug-likeness (QED) is 0.0903. The van der Waals surface area contributed by atoms with Gasteiger partial charge in [0, 0.05) is 22.6 Å². The minimum absolute atomic E-state index is 0.0223. The molecule has 9 aromatic rings. The van der Waals surface area contributed by atoms with E-state index in [4.69, 9.17) is 0 Å². The van der Waals surface area contributed by atoms with Gasteiger partial charge in [0.05, 0.1) is 5.70 Å². The molecule has 1 atom stereocenters. The van der Waals surface area contributed by atoms with E-state index < -0.39 is 0 Å². The first-order valence-electron chi connectivity index (χ1n) is 30.5. The third-order valence-electron chi connectivity index (χ3n) is 14.9. The van der Waals surface area contributed by atoms with Gasteiger partial charge in [0.2, 0.25) is 0 Å². The molecule has 2 heteroatoms. The van der Waals surface area contributed by atoms with Crippen LogP contribution in [0.5, 0.6) is 0 Å². The predicted molar refractivity (Wildman–Crippen MR) is 386 cm³/mol. The van der Waals surface area contributed by atoms with Crippen molar-refractivity contribution in [3.8, 4) is 0 Å². The largest absolute Gasteiger partial charge is 0.379 e. The Labute approximate surface area is 524 Å². The molecule has 0 heterocycles. The Kier molecular flexibility index (Phi) is 33.4. The fraction of sp³-hybridized carbons (Fsp3) is 0.250. The number of aliphatic imine (C=N–C) groups is 1. The van der Waals surface area contributed by atoms with Crippen LogP contribution in [0.2, 0.25) is 0 Å². The maximum atomic E-state index is 4.12. The number of rotatable bonds is 13. The number of allylic oxidation sites excluding steroid dienone is 1. The predicted octanol–water partition coefficient (Wildman–Crippen LogP) is 23.6. The summed E-state index contributed by atoms with van der Waals surface area (Å²) in [5.41, 5.74) is 24.0. The van der Waals surface area contributed by atoms with E-state index in [1.807, 2.05) is 81.4 Å². The van der Waals surface area contributed by atoms with E-state index in [1.54, 1.807) is 0 Å². The van der Waals surface area contributed by atoms with Gasteiger partial charge in [-0.05, 0) is 159 Å². The normalized spacial score (nSPS) is 10.4. The van der Waals surface area contributed by atoms with Crippen molar-refractivity contribution in [2.75, 3.05) is 0 Å². The van der Waals surface area contributed by atoms with Crippen molar-refractivity contribution in [3.63, 3.8) is 0 Å². The summed E-state index contributed by atoms with van der Waals surface area (Å²) in [6.07, 6.45) is 2.28. The summed E-state index contributed by atoms with van der Waals surface area (Å²) < 4.78 is 0. The highest BCUT2D eigenvalue weighted by molar-refractivity contribution is 5.66. The fourth-order valence-corrected chi connectivity index (χ4v) is 10.1. The Bertz CT molecular complexity index is 3310. The molecule has 1 N–H and O–H groups in total. The third kappa shape index (κ3) is 24.2. The van der Waals surface area contributed by atoms with Gasteiger partial charge in [-0.1, -0.05) is 316 Å². The van der Waals surface area contributed by atoms with Crippen molar-refractivity contribution in [1.82, 2.24) is 5.32 Å². The van der Waals surface area contributed by atoms with Crippen molar-refractivity contribution in [2.45, 2.75) is 140 Å². The summed E-state index contributed by atoms with van der Waals surface area (Å²) in [5, 5.41) is 3.45. The van der Waals surface area contributed by atoms with Gasteiger partial charge in [0.25, 0.3) is 0 Å². The molecule has 0 aliphatic heterocycles. The van der Waals surface area contributed by atoms with Crippen LogP contribution < -0.4 is 5.32 Å². The summed E-state index contributed by atoms with van der Waals surface area (Å²) in [4.78, 5) is 3.71. The molecule has 0 bridgehead atoms. The van der Waals surface area contributed by atoms with E-state index in [0.717, 1.165) is 40.9 Å². The zero-order valence-corrected chi connectivity index (χ0v) is 55.6. The Hall–Kier alpha value is -8.59. The summed E-state index contributed by atoms with van der Waals surface area (Å²) in [6, 6.07) is 80.4. The minimum Gasteiger partial charge on any atom is -0.379 e. The molecule has 0 amide bonds. The van der Waals surface area contributed by atoms with Crippen molar-refractivity contribution in [1.29, 1.82) is 0 Å². The van der Waals surface area contributed by atoms with Crippen LogP contribution in [-0.2, 0) is 23.7 Å². The average molecular weight is 1140 g/mol. The van der Waals surface area contributed by atoms with Crippen molar-refractivity contribution < 1.29 is 0 Å². The van der Waals surface area contributed by atoms with Crippen molar-refractivity contribution >= 4 is 23.7 Å². The lowest BCUT2D eigenvalue weighted by atomic mass is 9.70. The molecule has 0 aliphatic rings. The molecule has 9 rings (SSSR count). The molecule has 0 spiro atoms. The van der Waals surface area contributed by atoms with Gasteiger partial charge < -0.3 is 5.32 Å². The highest BCUT2D eigenvalue weighted by atomic mass is 14.9. The van der Waals surface area contributed by atoms with E-state index in [-0.39, 0.29) is 16.9 Å². The monoisotopic (exact) mass is 1140 g/mol. The van der Waals surface area contributed by atoms with Gasteiger partial charge in [0.1, 0.15) is 0 Å². The Balaban J connectivity index is 0.000000374. The number of hydrogen-bond acceptors (Lipinski definition) is 2. The Morgan fingerprint density at radius 3 is 1.14 bits per heavy atom. The first kappa shape index (κ1) is 73.5. The second-order valence-corrected chi connectivity index (χ2v) is 22.3. The van der Waals surface area contributed by atoms with E-state index in [1.165, 1.54) is 77.9 Å². The van der Waals surface area contributed by atoms with Gasteiger partial charge in [-0.25, -0.2) is 0 Å². The van der Waals surface area contributed by atoms with Crippen molar-refractivity contribution in [3.05, 3.63) is 352 Å². The SMILES string of the molecule is C=C.C=C(C)c1ccccc1.C=C(NC(C)c1ccccc1)c1cccc(C)c1.C=NC(=C)c1ccccc1.CC.CCc1cccc(C)c1.CCc1ccccc1.Cc1ccccc1C(C)(C)c1cc(C)c(C(C)(C)c2ccccc2C)cc1C. The number of aryl methyl sites for hydroxylation is 8. The van der Waals surface area contributed by atoms with E-state index >= 15 is 0 Å². The molecule has 0 aliphatic carbocycles. The topological polar surface area (TPSA) is 24.4 Å². The maximum absolute atomic E-state index is 4.12. The molecule has 0 radical (unpaired) electrons. The zero-order valence-electron chi connectivity index (χ0n) is 55.6. The molecule has 0 saturated carbocycles. The lowest BCUT2D eigenvalue weighted by Gasteiger charge is -2.34. The molecule has 450 valence electrons. The van der Waals surface area contributed by atoms with Gasteiger partial charge >= 0.3 is 0 Å². The van der Waals surface area contributed by atoms with Crippen molar-refractivity contribution in [2.24, 2.45) is 4.99 Å². The van der Waals surface area contributed by atoms with Crippen LogP contribution in [0.25, 0.3) is 17.0 Å². The van der Waals surface area contributed by atoms with Crippen LogP contribution in [0.15, 0.2) is 268 Å². The number of benzene rings is 9. The van der Waals surface area contributed by atoms with Gasteiger partial charge in [-0.3, -0.25) is 4.99 Å². The van der Waals surface area contributed by atoms with Crippen LogP contribution in [-0.4, -0.2) is 6.72 Å². The van der Waals surface area contributed by atoms with E-state index in [0.29, 0.717) is 0 Å². The number of nitrogens with zero attached hydrogens (tertiary/aromatic N) is 1. The zero-order chi connectivity index (χ0) is 64.2.